The summed E-state index contributed by atoms with van der Waals surface area (Å²) in [6, 6.07) is 0.219. The quantitative estimate of drug-likeness (QED) is 0.751. The van der Waals surface area contributed by atoms with E-state index >= 15 is 0 Å². The number of aromatic nitrogens is 2. The molecule has 0 atom stereocenters. The van der Waals surface area contributed by atoms with Crippen molar-refractivity contribution in [3.8, 4) is 0 Å². The molecular weight excluding hydrogens is 294 g/mol. The molecule has 1 aromatic rings. The third kappa shape index (κ3) is 3.92. The van der Waals surface area contributed by atoms with Crippen LogP contribution in [0.5, 0.6) is 0 Å². The van der Waals surface area contributed by atoms with Crippen LogP contribution in [0, 0.1) is 0 Å². The van der Waals surface area contributed by atoms with Gasteiger partial charge in [0.2, 0.25) is 0 Å². The van der Waals surface area contributed by atoms with Crippen molar-refractivity contribution in [2.45, 2.75) is 58.9 Å². The molecule has 1 aromatic heterocycles. The number of nitrogens with zero attached hydrogens (tertiary/aromatic N) is 3. The first-order valence-corrected chi connectivity index (χ1v) is 8.37. The van der Waals surface area contributed by atoms with Crippen LogP contribution < -0.4 is 0 Å². The van der Waals surface area contributed by atoms with Crippen molar-refractivity contribution in [1.82, 2.24) is 14.5 Å². The van der Waals surface area contributed by atoms with Gasteiger partial charge in [0, 0.05) is 23.9 Å². The van der Waals surface area contributed by atoms with Gasteiger partial charge in [-0.3, -0.25) is 4.79 Å². The first kappa shape index (κ1) is 17.4. The molecule has 4 nitrogen and oxygen atoms in total. The number of halogens is 1. The van der Waals surface area contributed by atoms with Crippen LogP contribution in [-0.2, 0) is 5.41 Å². The van der Waals surface area contributed by atoms with E-state index in [-0.39, 0.29) is 17.4 Å². The van der Waals surface area contributed by atoms with Gasteiger partial charge in [-0.1, -0.05) is 39.1 Å². The maximum absolute atomic E-state index is 12.8. The van der Waals surface area contributed by atoms with Crippen LogP contribution in [0.1, 0.15) is 62.8 Å². The molecule has 6 heteroatoms. The van der Waals surface area contributed by atoms with Crippen molar-refractivity contribution in [2.24, 2.45) is 0 Å². The molecule has 1 amide bonds. The normalized spacial score (nSPS) is 11.9. The van der Waals surface area contributed by atoms with Gasteiger partial charge < -0.3 is 4.90 Å². The summed E-state index contributed by atoms with van der Waals surface area (Å²) in [5, 5.41) is 4.15. The van der Waals surface area contributed by atoms with E-state index in [2.05, 4.69) is 23.4 Å². The molecule has 0 aliphatic rings. The van der Waals surface area contributed by atoms with E-state index in [9.17, 15) is 4.79 Å². The molecule has 0 aliphatic heterocycles. The number of alkyl halides is 1. The molecule has 0 spiro atoms. The smallest absolute Gasteiger partial charge is 0.267 e. The second kappa shape index (κ2) is 7.36. The fraction of sp³-hybridized carbons (Fsp3) is 0.786. The third-order valence-corrected chi connectivity index (χ3v) is 4.25. The van der Waals surface area contributed by atoms with Crippen molar-refractivity contribution in [2.75, 3.05) is 12.4 Å². The Hall–Kier alpha value is -0.680. The highest BCUT2D eigenvalue weighted by molar-refractivity contribution is 7.08. The van der Waals surface area contributed by atoms with Crippen LogP contribution in [-0.4, -0.2) is 38.9 Å². The molecule has 0 saturated carbocycles. The van der Waals surface area contributed by atoms with Crippen molar-refractivity contribution >= 4 is 29.0 Å². The molecular formula is C14H24ClN3OS. The number of hydrogen-bond acceptors (Lipinski definition) is 4. The number of rotatable bonds is 6. The molecule has 1 heterocycles. The van der Waals surface area contributed by atoms with Crippen molar-refractivity contribution in [3.05, 3.63) is 10.6 Å². The minimum absolute atomic E-state index is 0.0132. The Bertz CT molecular complexity index is 438. The minimum atomic E-state index is -0.182. The summed E-state index contributed by atoms with van der Waals surface area (Å²) in [6.45, 7) is 10.9. The van der Waals surface area contributed by atoms with Gasteiger partial charge in [0.1, 0.15) is 4.88 Å². The fourth-order valence-electron chi connectivity index (χ4n) is 2.22. The molecule has 0 N–H and O–H groups in total. The van der Waals surface area contributed by atoms with E-state index in [1.54, 1.807) is 0 Å². The molecule has 114 valence electrons. The lowest BCUT2D eigenvalue weighted by Crippen LogP contribution is -2.41. The maximum Gasteiger partial charge on any atom is 0.267 e. The van der Waals surface area contributed by atoms with E-state index in [4.69, 9.17) is 11.6 Å². The zero-order valence-corrected chi connectivity index (χ0v) is 14.5. The van der Waals surface area contributed by atoms with E-state index < -0.39 is 0 Å². The van der Waals surface area contributed by atoms with E-state index in [0.717, 1.165) is 18.5 Å². The Morgan fingerprint density at radius 2 is 1.95 bits per heavy atom. The fourth-order valence-corrected chi connectivity index (χ4v) is 3.24. The average Bonchev–Trinajstić information content (AvgIpc) is 2.87. The molecule has 0 fully saturated rings. The molecule has 1 rings (SSSR count). The highest BCUT2D eigenvalue weighted by Crippen LogP contribution is 2.27. The zero-order chi connectivity index (χ0) is 15.3. The first-order valence-electron chi connectivity index (χ1n) is 7.06. The summed E-state index contributed by atoms with van der Waals surface area (Å²) in [5.41, 5.74) is 0.594. The predicted molar refractivity (Wildman–Crippen MR) is 84.7 cm³/mol. The monoisotopic (exact) mass is 317 g/mol. The summed E-state index contributed by atoms with van der Waals surface area (Å²) in [7, 11) is 0. The predicted octanol–water partition coefficient (Wildman–Crippen LogP) is 3.71. The lowest BCUT2D eigenvalue weighted by molar-refractivity contribution is 0.0684. The second-order valence-electron chi connectivity index (χ2n) is 5.86. The van der Waals surface area contributed by atoms with Gasteiger partial charge in [-0.15, -0.1) is 16.7 Å². The lowest BCUT2D eigenvalue weighted by Gasteiger charge is -2.30. The van der Waals surface area contributed by atoms with Crippen molar-refractivity contribution in [1.29, 1.82) is 0 Å². The summed E-state index contributed by atoms with van der Waals surface area (Å²) >= 11 is 7.05. The van der Waals surface area contributed by atoms with Gasteiger partial charge in [-0.05, 0) is 24.4 Å². The van der Waals surface area contributed by atoms with Crippen LogP contribution >= 0.6 is 23.1 Å². The molecule has 0 unspecified atom stereocenters. The largest absolute Gasteiger partial charge is 0.334 e. The van der Waals surface area contributed by atoms with E-state index in [0.29, 0.717) is 17.3 Å². The van der Waals surface area contributed by atoms with Crippen LogP contribution in [0.3, 0.4) is 0 Å². The summed E-state index contributed by atoms with van der Waals surface area (Å²) in [4.78, 5) is 15.3. The maximum atomic E-state index is 12.8. The van der Waals surface area contributed by atoms with Crippen molar-refractivity contribution < 1.29 is 4.79 Å². The minimum Gasteiger partial charge on any atom is -0.334 e. The van der Waals surface area contributed by atoms with Crippen LogP contribution in [0.4, 0.5) is 0 Å². The van der Waals surface area contributed by atoms with Crippen molar-refractivity contribution in [3.63, 3.8) is 0 Å². The Balaban J connectivity index is 3.10. The SMILES string of the molecule is CCC(CC)N(CCCl)C(=O)c1snnc1C(C)(C)C. The average molecular weight is 318 g/mol. The van der Waals surface area contributed by atoms with Crippen LogP contribution in [0.15, 0.2) is 0 Å². The number of carbonyl (C=O) groups excluding carboxylic acids is 1. The van der Waals surface area contributed by atoms with Crippen LogP contribution in [0.25, 0.3) is 0 Å². The standard InChI is InChI=1S/C14H24ClN3OS/c1-6-10(7-2)18(9-8-15)13(19)11-12(14(3,4)5)16-17-20-11/h10H,6-9H2,1-5H3. The summed E-state index contributed by atoms with van der Waals surface area (Å²) < 4.78 is 3.97. The highest BCUT2D eigenvalue weighted by Gasteiger charge is 2.30. The number of amides is 1. The highest BCUT2D eigenvalue weighted by atomic mass is 35.5. The first-order chi connectivity index (χ1) is 9.36. The topological polar surface area (TPSA) is 46.1 Å². The molecule has 0 saturated heterocycles. The summed E-state index contributed by atoms with van der Waals surface area (Å²) in [5.74, 6) is 0.457. The molecule has 0 radical (unpaired) electrons. The van der Waals surface area contributed by atoms with Gasteiger partial charge in [-0.25, -0.2) is 0 Å². The van der Waals surface area contributed by atoms with Gasteiger partial charge >= 0.3 is 0 Å². The second-order valence-corrected chi connectivity index (χ2v) is 6.99. The Morgan fingerprint density at radius 3 is 2.40 bits per heavy atom. The number of hydrogen-bond donors (Lipinski definition) is 0. The molecule has 0 bridgehead atoms. The van der Waals surface area contributed by atoms with Gasteiger partial charge in [0.05, 0.1) is 5.69 Å². The Morgan fingerprint density at radius 1 is 1.35 bits per heavy atom. The molecule has 20 heavy (non-hydrogen) atoms. The Labute approximate surface area is 130 Å². The number of carbonyl (C=O) groups is 1. The van der Waals surface area contributed by atoms with E-state index in [1.807, 2.05) is 25.7 Å². The van der Waals surface area contributed by atoms with Crippen LogP contribution in [0.2, 0.25) is 0 Å². The molecule has 0 aromatic carbocycles. The lowest BCUT2D eigenvalue weighted by atomic mass is 9.91. The summed E-state index contributed by atoms with van der Waals surface area (Å²) in [6.07, 6.45) is 1.85. The zero-order valence-electron chi connectivity index (χ0n) is 12.9. The van der Waals surface area contributed by atoms with Gasteiger partial charge in [0.15, 0.2) is 0 Å². The van der Waals surface area contributed by atoms with Gasteiger partial charge in [0.25, 0.3) is 5.91 Å². The van der Waals surface area contributed by atoms with Gasteiger partial charge in [-0.2, -0.15) is 0 Å². The Kier molecular flexibility index (Phi) is 6.40. The van der Waals surface area contributed by atoms with E-state index in [1.165, 1.54) is 11.5 Å². The molecule has 0 aliphatic carbocycles. The third-order valence-electron chi connectivity index (χ3n) is 3.36.